The first kappa shape index (κ1) is 17.8. The summed E-state index contributed by atoms with van der Waals surface area (Å²) in [6, 6.07) is 9.64. The average molecular weight is 395 g/mol. The molecule has 0 saturated carbocycles. The van der Waals surface area contributed by atoms with Crippen LogP contribution in [0, 0.1) is 6.92 Å². The monoisotopic (exact) mass is 394 g/mol. The van der Waals surface area contributed by atoms with E-state index in [1.165, 1.54) is 23.5 Å². The Labute approximate surface area is 154 Å². The van der Waals surface area contributed by atoms with Crippen LogP contribution in [0.4, 0.5) is 5.13 Å². The van der Waals surface area contributed by atoms with Crippen LogP contribution in [0.3, 0.4) is 0 Å². The van der Waals surface area contributed by atoms with Crippen LogP contribution in [0.25, 0.3) is 10.2 Å². The average Bonchev–Trinajstić information content (AvgIpc) is 3.03. The zero-order chi connectivity index (χ0) is 18.2. The van der Waals surface area contributed by atoms with Crippen LogP contribution in [-0.4, -0.2) is 25.1 Å². The first-order valence-corrected chi connectivity index (χ1v) is 10.4. The van der Waals surface area contributed by atoms with Gasteiger partial charge in [-0.15, -0.1) is 0 Å². The van der Waals surface area contributed by atoms with E-state index < -0.39 is 15.7 Å². The largest absolute Gasteiger partial charge is 0.298 e. The van der Waals surface area contributed by atoms with Crippen LogP contribution in [0.2, 0.25) is 5.02 Å². The van der Waals surface area contributed by atoms with Crippen molar-refractivity contribution in [2.75, 3.05) is 11.1 Å². The fraction of sp³-hybridized carbons (Fsp3) is 0.176. The molecule has 0 radical (unpaired) electrons. The number of carbonyl (C=O) groups is 1. The molecule has 0 saturated heterocycles. The van der Waals surface area contributed by atoms with Crippen LogP contribution >= 0.6 is 22.9 Å². The van der Waals surface area contributed by atoms with Gasteiger partial charge in [-0.05, 0) is 36.8 Å². The second-order valence-corrected chi connectivity index (χ2v) is 9.13. The Bertz CT molecular complexity index is 1040. The zero-order valence-electron chi connectivity index (χ0n) is 13.5. The van der Waals surface area contributed by atoms with Crippen molar-refractivity contribution in [2.24, 2.45) is 0 Å². The molecule has 0 aliphatic heterocycles. The molecule has 3 aromatic rings. The van der Waals surface area contributed by atoms with Gasteiger partial charge in [-0.25, -0.2) is 13.4 Å². The Morgan fingerprint density at radius 2 is 2.04 bits per heavy atom. The number of aromatic nitrogens is 1. The molecule has 0 aliphatic carbocycles. The van der Waals surface area contributed by atoms with Gasteiger partial charge in [0.1, 0.15) is 0 Å². The molecule has 2 aromatic carbocycles. The summed E-state index contributed by atoms with van der Waals surface area (Å²) in [6.45, 7) is 3.48. The van der Waals surface area contributed by atoms with E-state index in [2.05, 4.69) is 10.3 Å². The number of halogens is 1. The van der Waals surface area contributed by atoms with Crippen molar-refractivity contribution >= 4 is 54.0 Å². The number of hydrogen-bond donors (Lipinski definition) is 1. The summed E-state index contributed by atoms with van der Waals surface area (Å²) in [5, 5.41) is 3.71. The SMILES string of the molecule is CCS(=O)(=O)c1cccc(C(=O)Nc2nc3c(C)ccc(Cl)c3s2)c1. The highest BCUT2D eigenvalue weighted by atomic mass is 35.5. The number of carbonyl (C=O) groups excluding carboxylic acids is 1. The minimum atomic E-state index is -3.37. The number of nitrogens with zero attached hydrogens (tertiary/aromatic N) is 1. The molecule has 1 aromatic heterocycles. The number of amides is 1. The molecule has 8 heteroatoms. The quantitative estimate of drug-likeness (QED) is 0.715. The third-order valence-corrected chi connectivity index (χ3v) is 6.92. The van der Waals surface area contributed by atoms with Crippen LogP contribution in [-0.2, 0) is 9.84 Å². The highest BCUT2D eigenvalue weighted by Crippen LogP contribution is 2.34. The van der Waals surface area contributed by atoms with Crippen molar-refractivity contribution in [1.82, 2.24) is 4.98 Å². The Balaban J connectivity index is 1.92. The van der Waals surface area contributed by atoms with E-state index >= 15 is 0 Å². The molecular weight excluding hydrogens is 380 g/mol. The molecule has 0 bridgehead atoms. The molecule has 0 unspecified atom stereocenters. The predicted molar refractivity (Wildman–Crippen MR) is 101 cm³/mol. The van der Waals surface area contributed by atoms with Crippen molar-refractivity contribution in [3.8, 4) is 0 Å². The number of nitrogens with one attached hydrogen (secondary N) is 1. The molecule has 1 amide bonds. The van der Waals surface area contributed by atoms with Crippen molar-refractivity contribution in [3.05, 3.63) is 52.5 Å². The number of hydrogen-bond acceptors (Lipinski definition) is 5. The van der Waals surface area contributed by atoms with Crippen molar-refractivity contribution in [1.29, 1.82) is 0 Å². The molecular formula is C17H15ClN2O3S2. The third kappa shape index (κ3) is 3.53. The van der Waals surface area contributed by atoms with E-state index in [0.29, 0.717) is 10.2 Å². The second kappa shape index (κ2) is 6.74. The van der Waals surface area contributed by atoms with Crippen molar-refractivity contribution in [3.63, 3.8) is 0 Å². The number of rotatable bonds is 4. The van der Waals surface area contributed by atoms with Gasteiger partial charge in [0.25, 0.3) is 5.91 Å². The van der Waals surface area contributed by atoms with Crippen molar-refractivity contribution in [2.45, 2.75) is 18.7 Å². The summed E-state index contributed by atoms with van der Waals surface area (Å²) in [7, 11) is -3.37. The second-order valence-electron chi connectivity index (χ2n) is 5.45. The van der Waals surface area contributed by atoms with Gasteiger partial charge in [0, 0.05) is 5.56 Å². The van der Waals surface area contributed by atoms with E-state index in [1.54, 1.807) is 25.1 Å². The number of anilines is 1. The van der Waals surface area contributed by atoms with Crippen LogP contribution < -0.4 is 5.32 Å². The van der Waals surface area contributed by atoms with Gasteiger partial charge in [0.2, 0.25) is 0 Å². The number of aryl methyl sites for hydroxylation is 1. The van der Waals surface area contributed by atoms with Crippen molar-refractivity contribution < 1.29 is 13.2 Å². The molecule has 1 N–H and O–H groups in total. The van der Waals surface area contributed by atoms with Crippen LogP contribution in [0.1, 0.15) is 22.8 Å². The third-order valence-electron chi connectivity index (χ3n) is 3.75. The molecule has 130 valence electrons. The minimum Gasteiger partial charge on any atom is -0.298 e. The van der Waals surface area contributed by atoms with Gasteiger partial charge >= 0.3 is 0 Å². The molecule has 0 fully saturated rings. The summed E-state index contributed by atoms with van der Waals surface area (Å²) in [4.78, 5) is 17.0. The molecule has 0 atom stereocenters. The van der Waals surface area contributed by atoms with Gasteiger partial charge in [0.05, 0.1) is 25.9 Å². The molecule has 0 aliphatic rings. The summed E-state index contributed by atoms with van der Waals surface area (Å²) in [6.07, 6.45) is 0. The molecule has 3 rings (SSSR count). The first-order chi connectivity index (χ1) is 11.8. The number of sulfone groups is 1. The lowest BCUT2D eigenvalue weighted by molar-refractivity contribution is 0.102. The van der Waals surface area contributed by atoms with E-state index in [4.69, 9.17) is 11.6 Å². The van der Waals surface area contributed by atoms with Gasteiger partial charge in [0.15, 0.2) is 15.0 Å². The topological polar surface area (TPSA) is 76.1 Å². The number of thiazole rings is 1. The maximum Gasteiger partial charge on any atom is 0.257 e. The maximum absolute atomic E-state index is 12.5. The highest BCUT2D eigenvalue weighted by Gasteiger charge is 2.16. The van der Waals surface area contributed by atoms with E-state index in [9.17, 15) is 13.2 Å². The maximum atomic E-state index is 12.5. The highest BCUT2D eigenvalue weighted by molar-refractivity contribution is 7.91. The number of fused-ring (bicyclic) bond motifs is 1. The lowest BCUT2D eigenvalue weighted by Gasteiger charge is -2.05. The van der Waals surface area contributed by atoms with Gasteiger partial charge in [-0.3, -0.25) is 10.1 Å². The van der Waals surface area contributed by atoms with Crippen LogP contribution in [0.15, 0.2) is 41.3 Å². The Morgan fingerprint density at radius 1 is 1.28 bits per heavy atom. The Kier molecular flexibility index (Phi) is 4.81. The molecule has 25 heavy (non-hydrogen) atoms. The van der Waals surface area contributed by atoms with Gasteiger partial charge in [-0.1, -0.05) is 42.0 Å². The molecule has 1 heterocycles. The molecule has 5 nitrogen and oxygen atoms in total. The lowest BCUT2D eigenvalue weighted by atomic mass is 10.2. The van der Waals surface area contributed by atoms with E-state index in [0.717, 1.165) is 15.8 Å². The number of benzene rings is 2. The van der Waals surface area contributed by atoms with E-state index in [1.807, 2.05) is 13.0 Å². The fourth-order valence-electron chi connectivity index (χ4n) is 2.32. The van der Waals surface area contributed by atoms with Gasteiger partial charge < -0.3 is 0 Å². The van der Waals surface area contributed by atoms with E-state index in [-0.39, 0.29) is 16.2 Å². The molecule has 0 spiro atoms. The Hall–Kier alpha value is -1.96. The zero-order valence-corrected chi connectivity index (χ0v) is 15.9. The standard InChI is InChI=1S/C17H15ClN2O3S2/c1-3-25(22,23)12-6-4-5-11(9-12)16(21)20-17-19-14-10(2)7-8-13(18)15(14)24-17/h4-9H,3H2,1-2H3,(H,19,20,21). The smallest absolute Gasteiger partial charge is 0.257 e. The van der Waals surface area contributed by atoms with Gasteiger partial charge in [-0.2, -0.15) is 0 Å². The summed E-state index contributed by atoms with van der Waals surface area (Å²) in [5.74, 6) is -0.436. The minimum absolute atomic E-state index is 0.0201. The first-order valence-electron chi connectivity index (χ1n) is 7.51. The van der Waals surface area contributed by atoms with Crippen LogP contribution in [0.5, 0.6) is 0 Å². The predicted octanol–water partition coefficient (Wildman–Crippen LogP) is 4.30. The summed E-state index contributed by atoms with van der Waals surface area (Å²) < 4.78 is 24.7. The fourth-order valence-corrected chi connectivity index (χ4v) is 4.46. The normalized spacial score (nSPS) is 11.6. The Morgan fingerprint density at radius 3 is 2.72 bits per heavy atom. The lowest BCUT2D eigenvalue weighted by Crippen LogP contribution is -2.13. The summed E-state index contributed by atoms with van der Waals surface area (Å²) >= 11 is 7.46. The summed E-state index contributed by atoms with van der Waals surface area (Å²) in [5.41, 5.74) is 1.97.